The minimum atomic E-state index is 0.0591. The van der Waals surface area contributed by atoms with E-state index < -0.39 is 0 Å². The Morgan fingerprint density at radius 2 is 2.10 bits per heavy atom. The van der Waals surface area contributed by atoms with Crippen LogP contribution in [-0.2, 0) is 36.1 Å². The molecule has 9 nitrogen and oxygen atoms in total. The van der Waals surface area contributed by atoms with Gasteiger partial charge in [-0.1, -0.05) is 17.3 Å². The van der Waals surface area contributed by atoms with Crippen LogP contribution in [0.4, 0.5) is 0 Å². The molecule has 9 heteroatoms. The van der Waals surface area contributed by atoms with Crippen molar-refractivity contribution < 1.29 is 18.8 Å². The second-order valence-electron chi connectivity index (χ2n) is 8.02. The Morgan fingerprint density at radius 1 is 1.26 bits per heavy atom. The second-order valence-corrected chi connectivity index (χ2v) is 8.02. The Hall–Kier alpha value is -3.20. The molecule has 2 aliphatic rings. The predicted molar refractivity (Wildman–Crippen MR) is 110 cm³/mol. The number of carbonyl (C=O) groups is 1. The van der Waals surface area contributed by atoms with Gasteiger partial charge in [0, 0.05) is 31.7 Å². The van der Waals surface area contributed by atoms with Gasteiger partial charge in [0.15, 0.2) is 11.5 Å². The standard InChI is InChI=1S/C22H25N5O4/c1-26-18-13-27(19(28)11-14-4-3-5-16(10-14)29-2)12-17(18)20(24-26)22-23-21(25-31-22)15-6-8-30-9-7-15/h3-5,10,15H,6-9,11-13H2,1-2H3. The zero-order chi connectivity index (χ0) is 21.4. The van der Waals surface area contributed by atoms with Crippen molar-refractivity contribution in [3.05, 3.63) is 46.9 Å². The quantitative estimate of drug-likeness (QED) is 0.622. The van der Waals surface area contributed by atoms with Gasteiger partial charge in [-0.15, -0.1) is 0 Å². The lowest BCUT2D eigenvalue weighted by molar-refractivity contribution is -0.131. The van der Waals surface area contributed by atoms with Gasteiger partial charge in [0.25, 0.3) is 5.89 Å². The molecule has 1 fully saturated rings. The highest BCUT2D eigenvalue weighted by Crippen LogP contribution is 2.33. The van der Waals surface area contributed by atoms with E-state index in [1.54, 1.807) is 7.11 Å². The van der Waals surface area contributed by atoms with Gasteiger partial charge in [-0.05, 0) is 30.5 Å². The van der Waals surface area contributed by atoms with E-state index >= 15 is 0 Å². The highest BCUT2D eigenvalue weighted by Gasteiger charge is 2.32. The van der Waals surface area contributed by atoms with Crippen molar-refractivity contribution in [3.8, 4) is 17.3 Å². The Balaban J connectivity index is 1.33. The normalized spacial score (nSPS) is 16.5. The highest BCUT2D eigenvalue weighted by atomic mass is 16.5. The maximum atomic E-state index is 12.9. The molecular formula is C22H25N5O4. The fraction of sp³-hybridized carbons (Fsp3) is 0.455. The number of hydrogen-bond donors (Lipinski definition) is 0. The maximum absolute atomic E-state index is 12.9. The van der Waals surface area contributed by atoms with Gasteiger partial charge in [0.2, 0.25) is 5.91 Å². The smallest absolute Gasteiger partial charge is 0.278 e. The van der Waals surface area contributed by atoms with Gasteiger partial charge in [0.1, 0.15) is 5.75 Å². The van der Waals surface area contributed by atoms with Gasteiger partial charge in [-0.3, -0.25) is 9.48 Å². The third kappa shape index (κ3) is 3.81. The lowest BCUT2D eigenvalue weighted by atomic mass is 10.00. The van der Waals surface area contributed by atoms with E-state index in [1.165, 1.54) is 0 Å². The lowest BCUT2D eigenvalue weighted by Crippen LogP contribution is -2.27. The molecule has 5 rings (SSSR count). The molecule has 1 saturated heterocycles. The number of nitrogens with zero attached hydrogens (tertiary/aromatic N) is 5. The molecule has 31 heavy (non-hydrogen) atoms. The first-order valence-electron chi connectivity index (χ1n) is 10.5. The van der Waals surface area contributed by atoms with Crippen LogP contribution in [0.15, 0.2) is 28.8 Å². The summed E-state index contributed by atoms with van der Waals surface area (Å²) in [5, 5.41) is 8.80. The van der Waals surface area contributed by atoms with Crippen molar-refractivity contribution in [2.45, 2.75) is 38.3 Å². The first kappa shape index (κ1) is 19.7. The van der Waals surface area contributed by atoms with Crippen LogP contribution < -0.4 is 4.74 Å². The van der Waals surface area contributed by atoms with Crippen LogP contribution in [0, 0.1) is 0 Å². The number of aryl methyl sites for hydroxylation is 1. The molecule has 0 saturated carbocycles. The third-order valence-corrected chi connectivity index (χ3v) is 6.04. The zero-order valence-corrected chi connectivity index (χ0v) is 17.7. The largest absolute Gasteiger partial charge is 0.497 e. The first-order chi connectivity index (χ1) is 15.1. The fourth-order valence-electron chi connectivity index (χ4n) is 4.26. The molecule has 0 N–H and O–H groups in total. The van der Waals surface area contributed by atoms with E-state index in [4.69, 9.17) is 14.0 Å². The predicted octanol–water partition coefficient (Wildman–Crippen LogP) is 2.46. The molecule has 1 amide bonds. The molecule has 162 valence electrons. The fourth-order valence-corrected chi connectivity index (χ4v) is 4.26. The molecule has 0 bridgehead atoms. The number of carbonyl (C=O) groups excluding carboxylic acids is 1. The Bertz CT molecular complexity index is 1100. The van der Waals surface area contributed by atoms with Crippen LogP contribution in [0.5, 0.6) is 5.75 Å². The molecular weight excluding hydrogens is 398 g/mol. The van der Waals surface area contributed by atoms with Gasteiger partial charge in [-0.25, -0.2) is 0 Å². The van der Waals surface area contributed by atoms with Gasteiger partial charge >= 0.3 is 0 Å². The van der Waals surface area contributed by atoms with Gasteiger partial charge in [0.05, 0.1) is 32.3 Å². The van der Waals surface area contributed by atoms with E-state index in [-0.39, 0.29) is 11.8 Å². The number of hydrogen-bond acceptors (Lipinski definition) is 7. The molecule has 2 aromatic heterocycles. The number of methoxy groups -OCH3 is 1. The molecule has 0 aliphatic carbocycles. The van der Waals surface area contributed by atoms with Crippen LogP contribution in [0.1, 0.15) is 41.4 Å². The Labute approximate surface area is 179 Å². The summed E-state index contributed by atoms with van der Waals surface area (Å²) in [7, 11) is 3.51. The topological polar surface area (TPSA) is 95.5 Å². The number of fused-ring (bicyclic) bond motifs is 1. The molecule has 0 unspecified atom stereocenters. The average Bonchev–Trinajstić information content (AvgIpc) is 3.51. The van der Waals surface area contributed by atoms with Crippen molar-refractivity contribution in [3.63, 3.8) is 0 Å². The molecule has 0 spiro atoms. The van der Waals surface area contributed by atoms with Crippen LogP contribution >= 0.6 is 0 Å². The molecule has 3 aromatic rings. The van der Waals surface area contributed by atoms with Crippen LogP contribution in [0.2, 0.25) is 0 Å². The summed E-state index contributed by atoms with van der Waals surface area (Å²) in [6.45, 7) is 2.44. The van der Waals surface area contributed by atoms with Crippen LogP contribution in [0.3, 0.4) is 0 Å². The maximum Gasteiger partial charge on any atom is 0.278 e. The summed E-state index contributed by atoms with van der Waals surface area (Å²) in [6, 6.07) is 7.60. The minimum absolute atomic E-state index is 0.0591. The summed E-state index contributed by atoms with van der Waals surface area (Å²) >= 11 is 0. The zero-order valence-electron chi connectivity index (χ0n) is 17.7. The van der Waals surface area contributed by atoms with Gasteiger partial charge < -0.3 is 18.9 Å². The number of rotatable bonds is 5. The van der Waals surface area contributed by atoms with E-state index in [0.717, 1.165) is 48.6 Å². The second kappa shape index (κ2) is 8.14. The molecule has 4 heterocycles. The van der Waals surface area contributed by atoms with E-state index in [0.29, 0.717) is 36.9 Å². The lowest BCUT2D eigenvalue weighted by Gasteiger charge is -2.18. The van der Waals surface area contributed by atoms with Crippen molar-refractivity contribution in [1.29, 1.82) is 0 Å². The molecule has 0 atom stereocenters. The first-order valence-corrected chi connectivity index (χ1v) is 10.5. The summed E-state index contributed by atoms with van der Waals surface area (Å²) in [6.07, 6.45) is 2.11. The number of ether oxygens (including phenoxy) is 2. The summed E-state index contributed by atoms with van der Waals surface area (Å²) in [4.78, 5) is 19.4. The molecule has 0 radical (unpaired) electrons. The van der Waals surface area contributed by atoms with E-state index in [9.17, 15) is 4.79 Å². The average molecular weight is 423 g/mol. The third-order valence-electron chi connectivity index (χ3n) is 6.04. The van der Waals surface area contributed by atoms with Gasteiger partial charge in [-0.2, -0.15) is 10.1 Å². The van der Waals surface area contributed by atoms with E-state index in [2.05, 4.69) is 15.2 Å². The van der Waals surface area contributed by atoms with E-state index in [1.807, 2.05) is 40.9 Å². The Morgan fingerprint density at radius 3 is 2.90 bits per heavy atom. The summed E-state index contributed by atoms with van der Waals surface area (Å²) < 4.78 is 18.1. The summed E-state index contributed by atoms with van der Waals surface area (Å²) in [5.74, 6) is 2.19. The SMILES string of the molecule is COc1cccc(CC(=O)N2Cc3c(-c4nc(C5CCOCC5)no4)nn(C)c3C2)c1. The molecule has 2 aliphatic heterocycles. The van der Waals surface area contributed by atoms with Crippen LogP contribution in [0.25, 0.3) is 11.6 Å². The Kier molecular flexibility index (Phi) is 5.19. The molecule has 1 aromatic carbocycles. The minimum Gasteiger partial charge on any atom is -0.497 e. The van der Waals surface area contributed by atoms with Crippen molar-refractivity contribution in [2.24, 2.45) is 7.05 Å². The van der Waals surface area contributed by atoms with Crippen molar-refractivity contribution >= 4 is 5.91 Å². The van der Waals surface area contributed by atoms with Crippen molar-refractivity contribution in [1.82, 2.24) is 24.8 Å². The highest BCUT2D eigenvalue weighted by molar-refractivity contribution is 5.80. The number of amides is 1. The van der Waals surface area contributed by atoms with Crippen LogP contribution in [-0.4, -0.2) is 51.1 Å². The van der Waals surface area contributed by atoms with Crippen molar-refractivity contribution in [2.75, 3.05) is 20.3 Å². The number of benzene rings is 1. The number of aromatic nitrogens is 4. The summed E-state index contributed by atoms with van der Waals surface area (Å²) in [5.41, 5.74) is 3.57. The monoisotopic (exact) mass is 423 g/mol.